The van der Waals surface area contributed by atoms with Crippen molar-refractivity contribution >= 4 is 10.9 Å². The van der Waals surface area contributed by atoms with Crippen molar-refractivity contribution in [1.29, 1.82) is 0 Å². The summed E-state index contributed by atoms with van der Waals surface area (Å²) in [5.74, 6) is 0.718. The number of ether oxygens (including phenoxy) is 1. The van der Waals surface area contributed by atoms with Crippen molar-refractivity contribution in [1.82, 2.24) is 14.9 Å². The van der Waals surface area contributed by atoms with Crippen molar-refractivity contribution in [2.75, 3.05) is 13.1 Å². The Hall–Kier alpha value is -1.72. The SMILES string of the molecule is C[C@@H]1CN(Cc2nc3ccccc3c(=O)[nH]2)C[C@H](C)O1. The molecule has 0 bridgehead atoms. The summed E-state index contributed by atoms with van der Waals surface area (Å²) < 4.78 is 5.71. The Morgan fingerprint density at radius 1 is 1.30 bits per heavy atom. The number of H-pyrrole nitrogens is 1. The second kappa shape index (κ2) is 5.34. The second-order valence-electron chi connectivity index (χ2n) is 5.48. The summed E-state index contributed by atoms with van der Waals surface area (Å²) in [4.78, 5) is 21.7. The van der Waals surface area contributed by atoms with Gasteiger partial charge in [-0.3, -0.25) is 9.69 Å². The molecule has 5 nitrogen and oxygen atoms in total. The van der Waals surface area contributed by atoms with Gasteiger partial charge in [-0.25, -0.2) is 4.98 Å². The molecular weight excluding hydrogens is 254 g/mol. The van der Waals surface area contributed by atoms with Gasteiger partial charge in [-0.2, -0.15) is 0 Å². The summed E-state index contributed by atoms with van der Waals surface area (Å²) in [7, 11) is 0. The highest BCUT2D eigenvalue weighted by atomic mass is 16.5. The van der Waals surface area contributed by atoms with Crippen LogP contribution in [0.4, 0.5) is 0 Å². The number of aromatic nitrogens is 2. The molecule has 1 fully saturated rings. The first-order valence-corrected chi connectivity index (χ1v) is 6.97. The maximum Gasteiger partial charge on any atom is 0.258 e. The van der Waals surface area contributed by atoms with Crippen molar-refractivity contribution in [3.05, 3.63) is 40.4 Å². The van der Waals surface area contributed by atoms with E-state index in [2.05, 4.69) is 28.7 Å². The molecule has 0 unspecified atom stereocenters. The molecule has 0 radical (unpaired) electrons. The maximum absolute atomic E-state index is 12.0. The van der Waals surface area contributed by atoms with E-state index >= 15 is 0 Å². The van der Waals surface area contributed by atoms with Crippen LogP contribution in [0.5, 0.6) is 0 Å². The van der Waals surface area contributed by atoms with Gasteiger partial charge in [-0.15, -0.1) is 0 Å². The zero-order valence-corrected chi connectivity index (χ0v) is 11.8. The van der Waals surface area contributed by atoms with Crippen molar-refractivity contribution < 1.29 is 4.74 Å². The van der Waals surface area contributed by atoms with Crippen LogP contribution >= 0.6 is 0 Å². The fraction of sp³-hybridized carbons (Fsp3) is 0.467. The number of benzene rings is 1. The van der Waals surface area contributed by atoms with Gasteiger partial charge in [0.2, 0.25) is 0 Å². The molecule has 2 atom stereocenters. The van der Waals surface area contributed by atoms with E-state index < -0.39 is 0 Å². The highest BCUT2D eigenvalue weighted by Gasteiger charge is 2.22. The lowest BCUT2D eigenvalue weighted by Crippen LogP contribution is -2.45. The van der Waals surface area contributed by atoms with Gasteiger partial charge >= 0.3 is 0 Å². The van der Waals surface area contributed by atoms with Crippen LogP contribution in [0, 0.1) is 0 Å². The molecule has 1 aromatic heterocycles. The largest absolute Gasteiger partial charge is 0.373 e. The van der Waals surface area contributed by atoms with Crippen molar-refractivity contribution in [2.45, 2.75) is 32.6 Å². The third-order valence-electron chi connectivity index (χ3n) is 3.53. The lowest BCUT2D eigenvalue weighted by Gasteiger charge is -2.34. The molecule has 106 valence electrons. The average molecular weight is 273 g/mol. The van der Waals surface area contributed by atoms with Gasteiger partial charge in [0.1, 0.15) is 5.82 Å². The highest BCUT2D eigenvalue weighted by molar-refractivity contribution is 5.77. The normalized spacial score (nSPS) is 24.1. The van der Waals surface area contributed by atoms with Crippen LogP contribution in [0.1, 0.15) is 19.7 Å². The van der Waals surface area contributed by atoms with Gasteiger partial charge < -0.3 is 9.72 Å². The van der Waals surface area contributed by atoms with Gasteiger partial charge in [0.25, 0.3) is 5.56 Å². The van der Waals surface area contributed by atoms with E-state index in [1.807, 2.05) is 18.2 Å². The van der Waals surface area contributed by atoms with Crippen molar-refractivity contribution in [2.24, 2.45) is 0 Å². The van der Waals surface area contributed by atoms with E-state index in [1.165, 1.54) is 0 Å². The molecule has 1 aliphatic heterocycles. The van der Waals surface area contributed by atoms with E-state index in [0.29, 0.717) is 11.9 Å². The Kier molecular flexibility index (Phi) is 3.54. The van der Waals surface area contributed by atoms with Gasteiger partial charge in [0, 0.05) is 13.1 Å². The Morgan fingerprint density at radius 3 is 2.75 bits per heavy atom. The van der Waals surface area contributed by atoms with Crippen LogP contribution in [-0.4, -0.2) is 40.2 Å². The van der Waals surface area contributed by atoms with Crippen LogP contribution in [-0.2, 0) is 11.3 Å². The average Bonchev–Trinajstić information content (AvgIpc) is 2.37. The number of aromatic amines is 1. The molecule has 2 heterocycles. The zero-order chi connectivity index (χ0) is 14.1. The molecule has 0 aliphatic carbocycles. The molecule has 0 amide bonds. The third-order valence-corrected chi connectivity index (χ3v) is 3.53. The number of rotatable bonds is 2. The highest BCUT2D eigenvalue weighted by Crippen LogP contribution is 2.13. The number of fused-ring (bicyclic) bond motifs is 1. The summed E-state index contributed by atoms with van der Waals surface area (Å²) in [6.45, 7) is 6.51. The monoisotopic (exact) mass is 273 g/mol. The number of nitrogens with zero attached hydrogens (tertiary/aromatic N) is 2. The van der Waals surface area contributed by atoms with Crippen molar-refractivity contribution in [3.63, 3.8) is 0 Å². The lowest BCUT2D eigenvalue weighted by atomic mass is 10.2. The summed E-state index contributed by atoms with van der Waals surface area (Å²) in [6, 6.07) is 7.42. The Bertz CT molecular complexity index is 657. The summed E-state index contributed by atoms with van der Waals surface area (Å²) in [5.41, 5.74) is 0.681. The number of hydrogen-bond donors (Lipinski definition) is 1. The molecule has 1 aliphatic rings. The van der Waals surface area contributed by atoms with Crippen LogP contribution in [0.25, 0.3) is 10.9 Å². The van der Waals surface area contributed by atoms with Crippen LogP contribution in [0.2, 0.25) is 0 Å². The molecule has 2 aromatic rings. The van der Waals surface area contributed by atoms with E-state index in [0.717, 1.165) is 24.4 Å². The Labute approximate surface area is 117 Å². The summed E-state index contributed by atoms with van der Waals surface area (Å²) >= 11 is 0. The maximum atomic E-state index is 12.0. The van der Waals surface area contributed by atoms with Gasteiger partial charge in [0.15, 0.2) is 0 Å². The van der Waals surface area contributed by atoms with E-state index in [1.54, 1.807) is 6.07 Å². The van der Waals surface area contributed by atoms with Crippen molar-refractivity contribution in [3.8, 4) is 0 Å². The summed E-state index contributed by atoms with van der Waals surface area (Å²) in [6.07, 6.45) is 0.428. The molecule has 1 aromatic carbocycles. The second-order valence-corrected chi connectivity index (χ2v) is 5.48. The standard InChI is InChI=1S/C15H19N3O2/c1-10-7-18(8-11(2)20-10)9-14-16-13-6-4-3-5-12(13)15(19)17-14/h3-6,10-11H,7-9H2,1-2H3,(H,16,17,19)/t10-,11+. The minimum Gasteiger partial charge on any atom is -0.373 e. The van der Waals surface area contributed by atoms with Crippen LogP contribution < -0.4 is 5.56 Å². The van der Waals surface area contributed by atoms with Gasteiger partial charge in [0.05, 0.1) is 29.7 Å². The van der Waals surface area contributed by atoms with E-state index in [-0.39, 0.29) is 17.8 Å². The molecule has 5 heteroatoms. The molecule has 1 N–H and O–H groups in total. The quantitative estimate of drug-likeness (QED) is 0.901. The fourth-order valence-electron chi connectivity index (χ4n) is 2.84. The van der Waals surface area contributed by atoms with Gasteiger partial charge in [-0.1, -0.05) is 12.1 Å². The lowest BCUT2D eigenvalue weighted by molar-refractivity contribution is -0.0710. The minimum atomic E-state index is -0.0695. The van der Waals surface area contributed by atoms with E-state index in [9.17, 15) is 4.79 Å². The minimum absolute atomic E-state index is 0.0695. The summed E-state index contributed by atoms with van der Waals surface area (Å²) in [5, 5.41) is 0.639. The first-order valence-electron chi connectivity index (χ1n) is 6.97. The molecule has 20 heavy (non-hydrogen) atoms. The zero-order valence-electron chi connectivity index (χ0n) is 11.8. The Morgan fingerprint density at radius 2 is 2.00 bits per heavy atom. The predicted octanol–water partition coefficient (Wildman–Crippen LogP) is 1.53. The predicted molar refractivity (Wildman–Crippen MR) is 77.6 cm³/mol. The Balaban J connectivity index is 1.86. The topological polar surface area (TPSA) is 58.2 Å². The molecule has 1 saturated heterocycles. The third kappa shape index (κ3) is 2.73. The molecule has 0 saturated carbocycles. The fourth-order valence-corrected chi connectivity index (χ4v) is 2.84. The number of para-hydroxylation sites is 1. The molecule has 0 spiro atoms. The van der Waals surface area contributed by atoms with Crippen LogP contribution in [0.3, 0.4) is 0 Å². The molecule has 3 rings (SSSR count). The van der Waals surface area contributed by atoms with Crippen LogP contribution in [0.15, 0.2) is 29.1 Å². The smallest absolute Gasteiger partial charge is 0.258 e. The molecular formula is C15H19N3O2. The number of morpholine rings is 1. The van der Waals surface area contributed by atoms with E-state index in [4.69, 9.17) is 4.74 Å². The van der Waals surface area contributed by atoms with Gasteiger partial charge in [-0.05, 0) is 26.0 Å². The first kappa shape index (κ1) is 13.3. The number of hydrogen-bond acceptors (Lipinski definition) is 4. The number of nitrogens with one attached hydrogen (secondary N) is 1. The first-order chi connectivity index (χ1) is 9.61.